The van der Waals surface area contributed by atoms with Crippen molar-refractivity contribution in [3.8, 4) is 5.88 Å². The van der Waals surface area contributed by atoms with Gasteiger partial charge >= 0.3 is 0 Å². The summed E-state index contributed by atoms with van der Waals surface area (Å²) in [5.41, 5.74) is 6.58. The first-order valence-corrected chi connectivity index (χ1v) is 8.04. The third kappa shape index (κ3) is 3.59. The third-order valence-corrected chi connectivity index (χ3v) is 4.39. The molecule has 3 N–H and O–H groups in total. The lowest BCUT2D eigenvalue weighted by molar-refractivity contribution is 0.281. The number of pyridine rings is 1. The summed E-state index contributed by atoms with van der Waals surface area (Å²) in [6.07, 6.45) is 6.96. The van der Waals surface area contributed by atoms with E-state index in [1.807, 2.05) is 12.1 Å². The molecule has 0 bridgehead atoms. The highest BCUT2D eigenvalue weighted by atomic mass is 16.5. The second-order valence-electron chi connectivity index (χ2n) is 6.17. The van der Waals surface area contributed by atoms with Gasteiger partial charge in [0.25, 0.3) is 0 Å². The maximum atomic E-state index is 9.09. The number of rotatable bonds is 8. The van der Waals surface area contributed by atoms with E-state index >= 15 is 0 Å². The summed E-state index contributed by atoms with van der Waals surface area (Å²) in [5, 5.41) is 9.09. The topological polar surface area (TPSA) is 71.6 Å². The molecule has 3 rings (SSSR count). The molecular formula is C16H25N3O2. The number of anilines is 2. The first kappa shape index (κ1) is 14.4. The summed E-state index contributed by atoms with van der Waals surface area (Å²) >= 11 is 0. The summed E-state index contributed by atoms with van der Waals surface area (Å²) in [4.78, 5) is 6.92. The van der Waals surface area contributed by atoms with Crippen molar-refractivity contribution in [2.24, 2.45) is 5.92 Å². The molecule has 0 spiro atoms. The Morgan fingerprint density at radius 2 is 2.10 bits per heavy atom. The van der Waals surface area contributed by atoms with E-state index in [1.165, 1.54) is 32.1 Å². The highest BCUT2D eigenvalue weighted by Gasteiger charge is 2.27. The molecule has 0 saturated heterocycles. The van der Waals surface area contributed by atoms with Crippen LogP contribution < -0.4 is 15.4 Å². The van der Waals surface area contributed by atoms with Gasteiger partial charge in [0.2, 0.25) is 5.88 Å². The molecule has 0 aromatic carbocycles. The summed E-state index contributed by atoms with van der Waals surface area (Å²) in [7, 11) is 0. The van der Waals surface area contributed by atoms with Gasteiger partial charge in [-0.1, -0.05) is 0 Å². The molecule has 0 atom stereocenters. The molecule has 1 aromatic heterocycles. The summed E-state index contributed by atoms with van der Waals surface area (Å²) < 4.78 is 5.78. The van der Waals surface area contributed by atoms with Gasteiger partial charge in [-0.15, -0.1) is 0 Å². The van der Waals surface area contributed by atoms with Crippen molar-refractivity contribution in [3.05, 3.63) is 12.1 Å². The number of nitrogen functional groups attached to an aromatic ring is 1. The zero-order valence-corrected chi connectivity index (χ0v) is 12.5. The fourth-order valence-corrected chi connectivity index (χ4v) is 2.62. The average Bonchev–Trinajstić information content (AvgIpc) is 3.24. The fraction of sp³-hybridized carbons (Fsp3) is 0.688. The summed E-state index contributed by atoms with van der Waals surface area (Å²) in [5.74, 6) is 2.17. The van der Waals surface area contributed by atoms with E-state index < -0.39 is 0 Å². The van der Waals surface area contributed by atoms with Crippen LogP contribution in [-0.2, 0) is 0 Å². The zero-order chi connectivity index (χ0) is 14.7. The standard InChI is InChI=1S/C16H25N3O2/c17-14-7-8-15(18-16(14)21-11-12-5-6-12)19(9-2-10-20)13-3-1-4-13/h7-8,12-13,20H,1-6,9-11,17H2. The molecule has 5 nitrogen and oxygen atoms in total. The van der Waals surface area contributed by atoms with Crippen molar-refractivity contribution in [3.63, 3.8) is 0 Å². The molecule has 2 aliphatic carbocycles. The first-order valence-electron chi connectivity index (χ1n) is 8.04. The molecule has 21 heavy (non-hydrogen) atoms. The minimum absolute atomic E-state index is 0.212. The lowest BCUT2D eigenvalue weighted by atomic mass is 9.91. The summed E-state index contributed by atoms with van der Waals surface area (Å²) in [6.45, 7) is 1.77. The van der Waals surface area contributed by atoms with Crippen LogP contribution in [0, 0.1) is 5.92 Å². The maximum absolute atomic E-state index is 9.09. The van der Waals surface area contributed by atoms with Gasteiger partial charge < -0.3 is 20.5 Å². The lowest BCUT2D eigenvalue weighted by Crippen LogP contribution is -2.41. The number of ether oxygens (including phenoxy) is 1. The number of aromatic nitrogens is 1. The second-order valence-corrected chi connectivity index (χ2v) is 6.17. The minimum atomic E-state index is 0.212. The maximum Gasteiger partial charge on any atom is 0.239 e. The van der Waals surface area contributed by atoms with Gasteiger partial charge in [-0.25, -0.2) is 0 Å². The Bertz CT molecular complexity index is 473. The van der Waals surface area contributed by atoms with Crippen LogP contribution in [0.5, 0.6) is 5.88 Å². The van der Waals surface area contributed by atoms with Crippen molar-refractivity contribution in [2.75, 3.05) is 30.4 Å². The predicted octanol–water partition coefficient (Wildman–Crippen LogP) is 2.19. The van der Waals surface area contributed by atoms with Crippen molar-refractivity contribution < 1.29 is 9.84 Å². The molecule has 0 unspecified atom stereocenters. The SMILES string of the molecule is Nc1ccc(N(CCCO)C2CCC2)nc1OCC1CC1. The van der Waals surface area contributed by atoms with Crippen LogP contribution in [0.15, 0.2) is 12.1 Å². The number of aliphatic hydroxyl groups is 1. The number of hydrogen-bond acceptors (Lipinski definition) is 5. The van der Waals surface area contributed by atoms with E-state index in [0.29, 0.717) is 23.5 Å². The molecule has 0 amide bonds. The largest absolute Gasteiger partial charge is 0.476 e. The molecule has 0 radical (unpaired) electrons. The zero-order valence-electron chi connectivity index (χ0n) is 12.5. The monoisotopic (exact) mass is 291 g/mol. The average molecular weight is 291 g/mol. The molecular weight excluding hydrogens is 266 g/mol. The van der Waals surface area contributed by atoms with Gasteiger partial charge in [0, 0.05) is 19.2 Å². The highest BCUT2D eigenvalue weighted by molar-refractivity contribution is 5.55. The molecule has 2 saturated carbocycles. The number of aliphatic hydroxyl groups excluding tert-OH is 1. The van der Waals surface area contributed by atoms with Crippen LogP contribution in [0.4, 0.5) is 11.5 Å². The van der Waals surface area contributed by atoms with E-state index in [9.17, 15) is 0 Å². The van der Waals surface area contributed by atoms with Crippen LogP contribution >= 0.6 is 0 Å². The van der Waals surface area contributed by atoms with Crippen LogP contribution in [-0.4, -0.2) is 35.9 Å². The Morgan fingerprint density at radius 3 is 2.71 bits per heavy atom. The first-order chi connectivity index (χ1) is 10.3. The van der Waals surface area contributed by atoms with E-state index in [2.05, 4.69) is 9.88 Å². The van der Waals surface area contributed by atoms with Crippen LogP contribution in [0.3, 0.4) is 0 Å². The quantitative estimate of drug-likeness (QED) is 0.768. The van der Waals surface area contributed by atoms with Crippen LogP contribution in [0.1, 0.15) is 38.5 Å². The van der Waals surface area contributed by atoms with Gasteiger partial charge in [0.05, 0.1) is 12.3 Å². The molecule has 116 valence electrons. The van der Waals surface area contributed by atoms with Gasteiger partial charge in [-0.3, -0.25) is 0 Å². The Labute approximate surface area is 126 Å². The van der Waals surface area contributed by atoms with E-state index in [4.69, 9.17) is 15.6 Å². The number of nitrogens with two attached hydrogens (primary N) is 1. The van der Waals surface area contributed by atoms with Crippen LogP contribution in [0.25, 0.3) is 0 Å². The van der Waals surface area contributed by atoms with Gasteiger partial charge in [-0.2, -0.15) is 4.98 Å². The minimum Gasteiger partial charge on any atom is -0.476 e. The molecule has 1 aromatic rings. The Hall–Kier alpha value is -1.49. The van der Waals surface area contributed by atoms with E-state index in [1.54, 1.807) is 0 Å². The van der Waals surface area contributed by atoms with Crippen molar-refractivity contribution in [1.82, 2.24) is 4.98 Å². The molecule has 2 fully saturated rings. The molecule has 5 heteroatoms. The number of nitrogens with zero attached hydrogens (tertiary/aromatic N) is 2. The molecule has 0 aliphatic heterocycles. The van der Waals surface area contributed by atoms with Gasteiger partial charge in [-0.05, 0) is 56.6 Å². The van der Waals surface area contributed by atoms with Crippen molar-refractivity contribution >= 4 is 11.5 Å². The Kier molecular flexibility index (Phi) is 4.48. The van der Waals surface area contributed by atoms with E-state index in [0.717, 1.165) is 25.4 Å². The Balaban J connectivity index is 1.72. The van der Waals surface area contributed by atoms with Gasteiger partial charge in [0.15, 0.2) is 0 Å². The molecule has 1 heterocycles. The third-order valence-electron chi connectivity index (χ3n) is 4.39. The molecule has 2 aliphatic rings. The van der Waals surface area contributed by atoms with Crippen LogP contribution in [0.2, 0.25) is 0 Å². The second kappa shape index (κ2) is 6.52. The van der Waals surface area contributed by atoms with E-state index in [-0.39, 0.29) is 6.61 Å². The smallest absolute Gasteiger partial charge is 0.239 e. The normalized spacial score (nSPS) is 18.3. The lowest BCUT2D eigenvalue weighted by Gasteiger charge is -2.38. The fourth-order valence-electron chi connectivity index (χ4n) is 2.62. The number of hydrogen-bond donors (Lipinski definition) is 2. The van der Waals surface area contributed by atoms with Crippen molar-refractivity contribution in [2.45, 2.75) is 44.6 Å². The Morgan fingerprint density at radius 1 is 1.29 bits per heavy atom. The predicted molar refractivity (Wildman–Crippen MR) is 83.6 cm³/mol. The van der Waals surface area contributed by atoms with Gasteiger partial charge in [0.1, 0.15) is 5.82 Å². The van der Waals surface area contributed by atoms with Crippen molar-refractivity contribution in [1.29, 1.82) is 0 Å². The highest BCUT2D eigenvalue weighted by Crippen LogP contribution is 2.33. The summed E-state index contributed by atoms with van der Waals surface area (Å²) in [6, 6.07) is 4.40.